The Morgan fingerprint density at radius 2 is 2.09 bits per heavy atom. The summed E-state index contributed by atoms with van der Waals surface area (Å²) in [5, 5.41) is 0. The minimum atomic E-state index is -3.56. The fourth-order valence-corrected chi connectivity index (χ4v) is 3.84. The van der Waals surface area contributed by atoms with Crippen molar-refractivity contribution in [3.8, 4) is 0 Å². The molecular formula is C14H22ClN3O3S. The second kappa shape index (κ2) is 6.95. The topological polar surface area (TPSA) is 83.7 Å². The van der Waals surface area contributed by atoms with Gasteiger partial charge in [-0.1, -0.05) is 0 Å². The lowest BCUT2D eigenvalue weighted by Crippen LogP contribution is -2.39. The number of anilines is 1. The number of hydrogen-bond acceptors (Lipinski definition) is 4. The van der Waals surface area contributed by atoms with Crippen molar-refractivity contribution in [2.45, 2.75) is 31.2 Å². The molecule has 0 bridgehead atoms. The van der Waals surface area contributed by atoms with Crippen LogP contribution in [0.4, 0.5) is 5.69 Å². The van der Waals surface area contributed by atoms with E-state index in [0.29, 0.717) is 13.0 Å². The van der Waals surface area contributed by atoms with Gasteiger partial charge in [-0.05, 0) is 37.1 Å². The molecule has 0 radical (unpaired) electrons. The van der Waals surface area contributed by atoms with Crippen molar-refractivity contribution in [1.29, 1.82) is 0 Å². The molecule has 0 fully saturated rings. The third-order valence-corrected chi connectivity index (χ3v) is 5.93. The summed E-state index contributed by atoms with van der Waals surface area (Å²) in [4.78, 5) is 13.4. The van der Waals surface area contributed by atoms with E-state index in [0.717, 1.165) is 11.3 Å². The Hall–Kier alpha value is -1.15. The highest BCUT2D eigenvalue weighted by molar-refractivity contribution is 7.89. The predicted molar refractivity (Wildman–Crippen MR) is 88.9 cm³/mol. The smallest absolute Gasteiger partial charge is 0.243 e. The summed E-state index contributed by atoms with van der Waals surface area (Å²) in [5.41, 5.74) is 7.23. The number of benzene rings is 1. The van der Waals surface area contributed by atoms with Crippen LogP contribution < -0.4 is 10.6 Å². The molecule has 1 amide bonds. The molecule has 1 aliphatic heterocycles. The minimum Gasteiger partial charge on any atom is -0.329 e. The fraction of sp³-hybridized carbons (Fsp3) is 0.500. The van der Waals surface area contributed by atoms with Gasteiger partial charge >= 0.3 is 0 Å². The van der Waals surface area contributed by atoms with Crippen molar-refractivity contribution >= 4 is 34.0 Å². The lowest BCUT2D eigenvalue weighted by atomic mass is 10.2. The molecule has 6 nitrogen and oxygen atoms in total. The van der Waals surface area contributed by atoms with Crippen LogP contribution in [0.25, 0.3) is 0 Å². The first kappa shape index (κ1) is 18.9. The number of halogens is 1. The average molecular weight is 348 g/mol. The maximum atomic E-state index is 12.5. The van der Waals surface area contributed by atoms with Gasteiger partial charge in [-0.2, -0.15) is 4.31 Å². The van der Waals surface area contributed by atoms with E-state index in [1.807, 2.05) is 0 Å². The van der Waals surface area contributed by atoms with Crippen molar-refractivity contribution in [1.82, 2.24) is 4.31 Å². The summed E-state index contributed by atoms with van der Waals surface area (Å²) in [6.45, 7) is 4.14. The lowest BCUT2D eigenvalue weighted by Gasteiger charge is -2.23. The quantitative estimate of drug-likeness (QED) is 0.880. The zero-order valence-electron chi connectivity index (χ0n) is 12.9. The molecule has 0 spiro atoms. The van der Waals surface area contributed by atoms with E-state index in [-0.39, 0.29) is 35.8 Å². The van der Waals surface area contributed by atoms with Gasteiger partial charge < -0.3 is 10.6 Å². The van der Waals surface area contributed by atoms with Gasteiger partial charge in [0, 0.05) is 38.8 Å². The number of hydrogen-bond donors (Lipinski definition) is 1. The highest BCUT2D eigenvalue weighted by atomic mass is 35.5. The highest BCUT2D eigenvalue weighted by Gasteiger charge is 2.28. The molecule has 0 aromatic heterocycles. The molecule has 1 atom stereocenters. The van der Waals surface area contributed by atoms with Crippen molar-refractivity contribution < 1.29 is 13.2 Å². The molecule has 2 N–H and O–H groups in total. The van der Waals surface area contributed by atoms with Crippen LogP contribution in [0.3, 0.4) is 0 Å². The average Bonchev–Trinajstić information content (AvgIpc) is 2.88. The Morgan fingerprint density at radius 3 is 2.64 bits per heavy atom. The summed E-state index contributed by atoms with van der Waals surface area (Å²) >= 11 is 0. The first-order chi connectivity index (χ1) is 9.78. The standard InChI is InChI=1S/C14H21N3O3S.ClH/c1-10(9-15)16(3)21(19,20)13-4-5-14-12(8-13)6-7-17(14)11(2)18;/h4-5,8,10H,6-7,9,15H2,1-3H3;1H. The van der Waals surface area contributed by atoms with Gasteiger partial charge in [-0.3, -0.25) is 4.79 Å². The highest BCUT2D eigenvalue weighted by Crippen LogP contribution is 2.31. The Bertz CT molecular complexity index is 663. The van der Waals surface area contributed by atoms with Crippen LogP contribution in [-0.4, -0.2) is 44.8 Å². The van der Waals surface area contributed by atoms with Crippen molar-refractivity contribution in [2.75, 3.05) is 25.0 Å². The summed E-state index contributed by atoms with van der Waals surface area (Å²) in [6.07, 6.45) is 0.675. The van der Waals surface area contributed by atoms with E-state index >= 15 is 0 Å². The Morgan fingerprint density at radius 1 is 1.45 bits per heavy atom. The Balaban J connectivity index is 0.00000242. The van der Waals surface area contributed by atoms with Crippen LogP contribution in [-0.2, 0) is 21.2 Å². The SMILES string of the molecule is CC(=O)N1CCc2cc(S(=O)(=O)N(C)C(C)CN)ccc21.Cl. The minimum absolute atomic E-state index is 0. The van der Waals surface area contributed by atoms with Gasteiger partial charge in [0.05, 0.1) is 4.90 Å². The monoisotopic (exact) mass is 347 g/mol. The predicted octanol–water partition coefficient (Wildman–Crippen LogP) is 0.985. The molecule has 22 heavy (non-hydrogen) atoms. The van der Waals surface area contributed by atoms with E-state index < -0.39 is 10.0 Å². The summed E-state index contributed by atoms with van der Waals surface area (Å²) in [7, 11) is -2.03. The van der Waals surface area contributed by atoms with Gasteiger partial charge in [0.25, 0.3) is 0 Å². The normalized spacial score (nSPS) is 15.4. The zero-order chi connectivity index (χ0) is 15.8. The van der Waals surface area contributed by atoms with Crippen LogP contribution >= 0.6 is 12.4 Å². The maximum Gasteiger partial charge on any atom is 0.243 e. The van der Waals surface area contributed by atoms with E-state index in [1.54, 1.807) is 30.0 Å². The molecular weight excluding hydrogens is 326 g/mol. The summed E-state index contributed by atoms with van der Waals surface area (Å²) in [5.74, 6) is -0.0294. The molecule has 0 saturated carbocycles. The third kappa shape index (κ3) is 3.27. The molecule has 124 valence electrons. The van der Waals surface area contributed by atoms with Gasteiger partial charge in [-0.15, -0.1) is 12.4 Å². The molecule has 1 aromatic rings. The maximum absolute atomic E-state index is 12.5. The van der Waals surface area contributed by atoms with Gasteiger partial charge in [-0.25, -0.2) is 8.42 Å². The van der Waals surface area contributed by atoms with E-state index in [9.17, 15) is 13.2 Å². The van der Waals surface area contributed by atoms with Gasteiger partial charge in [0.1, 0.15) is 0 Å². The fourth-order valence-electron chi connectivity index (χ4n) is 2.42. The summed E-state index contributed by atoms with van der Waals surface area (Å²) < 4.78 is 26.4. The second-order valence-corrected chi connectivity index (χ2v) is 7.31. The van der Waals surface area contributed by atoms with Gasteiger partial charge in [0.15, 0.2) is 0 Å². The largest absolute Gasteiger partial charge is 0.329 e. The molecule has 1 unspecified atom stereocenters. The number of carbonyl (C=O) groups excluding carboxylic acids is 1. The number of nitrogens with two attached hydrogens (primary N) is 1. The van der Waals surface area contributed by atoms with E-state index in [4.69, 9.17) is 5.73 Å². The van der Waals surface area contributed by atoms with Crippen LogP contribution in [0.5, 0.6) is 0 Å². The number of carbonyl (C=O) groups is 1. The zero-order valence-corrected chi connectivity index (χ0v) is 14.6. The number of nitrogens with zero attached hydrogens (tertiary/aromatic N) is 2. The van der Waals surface area contributed by atoms with E-state index in [1.165, 1.54) is 18.3 Å². The molecule has 0 saturated heterocycles. The van der Waals surface area contributed by atoms with Crippen LogP contribution in [0.15, 0.2) is 23.1 Å². The second-order valence-electron chi connectivity index (χ2n) is 5.32. The number of sulfonamides is 1. The van der Waals surface area contributed by atoms with Crippen molar-refractivity contribution in [3.05, 3.63) is 23.8 Å². The molecule has 8 heteroatoms. The lowest BCUT2D eigenvalue weighted by molar-refractivity contribution is -0.116. The number of likely N-dealkylation sites (N-methyl/N-ethyl adjacent to an activating group) is 1. The number of fused-ring (bicyclic) bond motifs is 1. The summed E-state index contributed by atoms with van der Waals surface area (Å²) in [6, 6.07) is 4.65. The first-order valence-corrected chi connectivity index (χ1v) is 8.32. The molecule has 1 aliphatic rings. The van der Waals surface area contributed by atoms with E-state index in [2.05, 4.69) is 0 Å². The number of amides is 1. The van der Waals surface area contributed by atoms with Crippen molar-refractivity contribution in [2.24, 2.45) is 5.73 Å². The van der Waals surface area contributed by atoms with Crippen LogP contribution in [0, 0.1) is 0 Å². The van der Waals surface area contributed by atoms with Crippen molar-refractivity contribution in [3.63, 3.8) is 0 Å². The van der Waals surface area contributed by atoms with Crippen LogP contribution in [0.2, 0.25) is 0 Å². The molecule has 0 aliphatic carbocycles. The molecule has 1 aromatic carbocycles. The van der Waals surface area contributed by atoms with Gasteiger partial charge in [0.2, 0.25) is 15.9 Å². The number of rotatable bonds is 4. The van der Waals surface area contributed by atoms with Crippen LogP contribution in [0.1, 0.15) is 19.4 Å². The molecule has 2 rings (SSSR count). The Labute approximate surface area is 137 Å². The molecule has 1 heterocycles. The third-order valence-electron chi connectivity index (χ3n) is 3.97. The first-order valence-electron chi connectivity index (χ1n) is 6.88. The Kier molecular flexibility index (Phi) is 5.97.